The lowest BCUT2D eigenvalue weighted by Gasteiger charge is -2.20. The zero-order valence-electron chi connectivity index (χ0n) is 19.8. The van der Waals surface area contributed by atoms with E-state index in [2.05, 4.69) is 42.7 Å². The van der Waals surface area contributed by atoms with E-state index in [9.17, 15) is 5.11 Å². The number of hydrogen-bond acceptors (Lipinski definition) is 5. The molecule has 0 amide bonds. The predicted molar refractivity (Wildman–Crippen MR) is 131 cm³/mol. The van der Waals surface area contributed by atoms with Gasteiger partial charge in [-0.1, -0.05) is 38.0 Å². The highest BCUT2D eigenvalue weighted by Crippen LogP contribution is 2.30. The number of allylic oxidation sites excluding steroid dienone is 2. The molecule has 2 aliphatic rings. The fourth-order valence-corrected chi connectivity index (χ4v) is 3.91. The zero-order chi connectivity index (χ0) is 22.8. The summed E-state index contributed by atoms with van der Waals surface area (Å²) in [6, 6.07) is 6.64. The molecule has 2 unspecified atom stereocenters. The zero-order valence-corrected chi connectivity index (χ0v) is 19.8. The molecular formula is C27H38N2O3. The van der Waals surface area contributed by atoms with Crippen LogP contribution in [0.1, 0.15) is 57.9 Å². The van der Waals surface area contributed by atoms with E-state index in [-0.39, 0.29) is 11.9 Å². The molecule has 2 aliphatic heterocycles. The fraction of sp³-hybridized carbons (Fsp3) is 0.519. The van der Waals surface area contributed by atoms with Crippen molar-refractivity contribution in [1.82, 2.24) is 5.32 Å². The quantitative estimate of drug-likeness (QED) is 0.373. The Bertz CT molecular complexity index is 815. The van der Waals surface area contributed by atoms with E-state index in [1.54, 1.807) is 6.07 Å². The van der Waals surface area contributed by atoms with Gasteiger partial charge in [-0.3, -0.25) is 0 Å². The molecule has 1 aromatic rings. The summed E-state index contributed by atoms with van der Waals surface area (Å²) >= 11 is 0. The summed E-state index contributed by atoms with van der Waals surface area (Å²) in [5, 5.41) is 13.4. The summed E-state index contributed by atoms with van der Waals surface area (Å²) in [6.07, 6.45) is 15.6. The second-order valence-electron chi connectivity index (χ2n) is 8.71. The van der Waals surface area contributed by atoms with Crippen molar-refractivity contribution in [3.8, 4) is 11.5 Å². The van der Waals surface area contributed by atoms with Gasteiger partial charge in [0.25, 0.3) is 0 Å². The van der Waals surface area contributed by atoms with Gasteiger partial charge in [0, 0.05) is 12.0 Å². The Morgan fingerprint density at radius 2 is 2.22 bits per heavy atom. The molecule has 0 saturated heterocycles. The largest absolute Gasteiger partial charge is 0.592 e. The lowest BCUT2D eigenvalue weighted by atomic mass is 9.98. The van der Waals surface area contributed by atoms with E-state index < -0.39 is 0 Å². The number of aliphatic imine (C=N–C) groups is 1. The van der Waals surface area contributed by atoms with Crippen LogP contribution in [0.2, 0.25) is 0 Å². The Kier molecular flexibility index (Phi) is 9.42. The Morgan fingerprint density at radius 1 is 1.34 bits per heavy atom. The number of hydrogen-bond donors (Lipinski definition) is 2. The van der Waals surface area contributed by atoms with E-state index in [1.807, 2.05) is 25.4 Å². The number of aryl methyl sites for hydroxylation is 1. The Hall–Kier alpha value is -2.53. The first kappa shape index (κ1) is 24.1. The van der Waals surface area contributed by atoms with Gasteiger partial charge < -0.3 is 19.9 Å². The number of nitrogens with one attached hydrogen (secondary N) is 1. The van der Waals surface area contributed by atoms with Gasteiger partial charge in [0.05, 0.1) is 12.5 Å². The molecule has 0 aliphatic carbocycles. The third-order valence-corrected chi connectivity index (χ3v) is 6.05. The van der Waals surface area contributed by atoms with Crippen LogP contribution < -0.4 is 10.1 Å². The van der Waals surface area contributed by atoms with Crippen LogP contribution in [0.15, 0.2) is 46.7 Å². The van der Waals surface area contributed by atoms with Crippen LogP contribution in [0.4, 0.5) is 0 Å². The fourth-order valence-electron chi connectivity index (χ4n) is 3.91. The van der Waals surface area contributed by atoms with Crippen molar-refractivity contribution in [1.29, 1.82) is 0 Å². The number of phenolic OH excluding ortho intramolecular Hbond substituents is 1. The SMILES string of the molecule is CCCCC1[CH-]C=C(CCc2ccc(O)c(OCC[C+]3C=C(C(C)CCNC)C=N3)c2)O1. The van der Waals surface area contributed by atoms with Crippen molar-refractivity contribution in [2.45, 2.75) is 64.9 Å². The van der Waals surface area contributed by atoms with Crippen LogP contribution in [0.25, 0.3) is 0 Å². The highest BCUT2D eigenvalue weighted by molar-refractivity contribution is 5.83. The average molecular weight is 439 g/mol. The van der Waals surface area contributed by atoms with Crippen molar-refractivity contribution in [2.24, 2.45) is 10.9 Å². The van der Waals surface area contributed by atoms with Crippen LogP contribution in [-0.2, 0) is 11.2 Å². The van der Waals surface area contributed by atoms with Gasteiger partial charge in [-0.05, 0) is 57.5 Å². The molecule has 5 nitrogen and oxygen atoms in total. The number of benzene rings is 1. The van der Waals surface area contributed by atoms with Crippen molar-refractivity contribution in [3.05, 3.63) is 59.7 Å². The van der Waals surface area contributed by atoms with Gasteiger partial charge in [-0.15, -0.1) is 4.99 Å². The monoisotopic (exact) mass is 438 g/mol. The van der Waals surface area contributed by atoms with Crippen LogP contribution in [0, 0.1) is 18.4 Å². The molecule has 0 saturated carbocycles. The van der Waals surface area contributed by atoms with Gasteiger partial charge in [0.1, 0.15) is 12.2 Å². The topological polar surface area (TPSA) is 63.1 Å². The van der Waals surface area contributed by atoms with Crippen molar-refractivity contribution in [2.75, 3.05) is 20.2 Å². The molecule has 0 radical (unpaired) electrons. The first-order valence-corrected chi connectivity index (χ1v) is 12.0. The standard InChI is InChI=1S/C27H38N2O3/c1-4-5-6-24-10-11-25(32-24)9-7-21-8-12-26(30)27(17-21)31-16-14-23-18-22(19-29-23)20(2)13-15-28-3/h8,10-12,17-20,24,28,30H,4-7,9,13-16H2,1-3H3. The lowest BCUT2D eigenvalue weighted by molar-refractivity contribution is 0.147. The van der Waals surface area contributed by atoms with Crippen LogP contribution in [0.5, 0.6) is 11.5 Å². The molecule has 2 N–H and O–H groups in total. The van der Waals surface area contributed by atoms with Crippen LogP contribution in [-0.4, -0.2) is 37.6 Å². The number of rotatable bonds is 14. The van der Waals surface area contributed by atoms with Gasteiger partial charge in [-0.2, -0.15) is 12.5 Å². The normalized spacial score (nSPS) is 18.2. The molecule has 5 heteroatoms. The van der Waals surface area contributed by atoms with Crippen LogP contribution in [0.3, 0.4) is 0 Å². The summed E-state index contributed by atoms with van der Waals surface area (Å²) in [4.78, 5) is 4.53. The molecule has 2 heterocycles. The van der Waals surface area contributed by atoms with E-state index >= 15 is 0 Å². The van der Waals surface area contributed by atoms with E-state index in [0.29, 0.717) is 18.3 Å². The Labute approximate surface area is 193 Å². The Balaban J connectivity index is 1.42. The second kappa shape index (κ2) is 12.5. The predicted octanol–water partition coefficient (Wildman–Crippen LogP) is 5.56. The number of unbranched alkanes of at least 4 members (excludes halogenated alkanes) is 1. The van der Waals surface area contributed by atoms with Gasteiger partial charge in [0.15, 0.2) is 23.8 Å². The highest BCUT2D eigenvalue weighted by atomic mass is 16.5. The van der Waals surface area contributed by atoms with Crippen LogP contribution >= 0.6 is 0 Å². The smallest absolute Gasteiger partial charge is 0.176 e. The van der Waals surface area contributed by atoms with E-state index in [4.69, 9.17) is 9.47 Å². The van der Waals surface area contributed by atoms with E-state index in [1.165, 1.54) is 18.4 Å². The van der Waals surface area contributed by atoms with Gasteiger partial charge >= 0.3 is 0 Å². The summed E-state index contributed by atoms with van der Waals surface area (Å²) in [5.74, 6) is 2.24. The highest BCUT2D eigenvalue weighted by Gasteiger charge is 2.25. The second-order valence-corrected chi connectivity index (χ2v) is 8.71. The molecule has 1 aromatic carbocycles. The molecule has 0 fully saturated rings. The van der Waals surface area contributed by atoms with Crippen molar-refractivity contribution < 1.29 is 14.6 Å². The first-order chi connectivity index (χ1) is 15.6. The molecular weight excluding hydrogens is 400 g/mol. The van der Waals surface area contributed by atoms with E-state index in [0.717, 1.165) is 56.0 Å². The van der Waals surface area contributed by atoms with Gasteiger partial charge in [0.2, 0.25) is 0 Å². The Morgan fingerprint density at radius 3 is 3.03 bits per heavy atom. The molecule has 174 valence electrons. The minimum absolute atomic E-state index is 0.176. The number of aromatic hydroxyl groups is 1. The molecule has 3 rings (SSSR count). The number of phenols is 1. The minimum atomic E-state index is 0.176. The maximum absolute atomic E-state index is 10.2. The maximum atomic E-state index is 10.2. The molecule has 2 atom stereocenters. The first-order valence-electron chi connectivity index (χ1n) is 12.0. The minimum Gasteiger partial charge on any atom is -0.592 e. The van der Waals surface area contributed by atoms with Crippen molar-refractivity contribution in [3.63, 3.8) is 0 Å². The molecule has 0 aromatic heterocycles. The summed E-state index contributed by atoms with van der Waals surface area (Å²) in [5.41, 5.74) is 2.41. The summed E-state index contributed by atoms with van der Waals surface area (Å²) in [7, 11) is 1.98. The maximum Gasteiger partial charge on any atom is 0.176 e. The lowest BCUT2D eigenvalue weighted by Crippen LogP contribution is -2.12. The molecule has 0 bridgehead atoms. The summed E-state index contributed by atoms with van der Waals surface area (Å²) in [6.45, 7) is 5.92. The van der Waals surface area contributed by atoms with Crippen molar-refractivity contribution >= 4 is 6.21 Å². The molecule has 32 heavy (non-hydrogen) atoms. The summed E-state index contributed by atoms with van der Waals surface area (Å²) < 4.78 is 11.9. The average Bonchev–Trinajstić information content (AvgIpc) is 3.46. The molecule has 0 spiro atoms. The number of ether oxygens (including phenoxy) is 2. The van der Waals surface area contributed by atoms with Gasteiger partial charge in [-0.25, -0.2) is 0 Å². The number of nitrogens with zero attached hydrogens (tertiary/aromatic N) is 1. The third kappa shape index (κ3) is 7.27. The third-order valence-electron chi connectivity index (χ3n) is 6.05.